The van der Waals surface area contributed by atoms with Gasteiger partial charge in [0.1, 0.15) is 0 Å². The Balaban J connectivity index is 2.23. The second-order valence-corrected chi connectivity index (χ2v) is 3.45. The summed E-state index contributed by atoms with van der Waals surface area (Å²) in [6.45, 7) is 0. The van der Waals surface area contributed by atoms with Crippen LogP contribution in [0.2, 0.25) is 0 Å². The maximum Gasteiger partial charge on any atom is 0.416 e. The molecule has 0 spiro atoms. The van der Waals surface area contributed by atoms with Gasteiger partial charge in [-0.1, -0.05) is 24.3 Å². The van der Waals surface area contributed by atoms with Gasteiger partial charge in [-0.2, -0.15) is 13.2 Å². The summed E-state index contributed by atoms with van der Waals surface area (Å²) in [6.07, 6.45) is 1.66. The molecule has 1 nitrogen and oxygen atoms in total. The Labute approximate surface area is 96.9 Å². The largest absolute Gasteiger partial charge is 0.416 e. The normalized spacial score (nSPS) is 11.5. The van der Waals surface area contributed by atoms with Crippen LogP contribution in [0.1, 0.15) is 16.7 Å². The summed E-state index contributed by atoms with van der Waals surface area (Å²) in [5, 5.41) is 0. The van der Waals surface area contributed by atoms with Gasteiger partial charge in [0.2, 0.25) is 0 Å². The minimum Gasteiger partial charge on any atom is -0.264 e. The van der Waals surface area contributed by atoms with E-state index in [9.17, 15) is 13.2 Å². The highest BCUT2D eigenvalue weighted by atomic mass is 19.4. The third-order valence-electron chi connectivity index (χ3n) is 2.14. The molecular formula is C13H8F3N. The summed E-state index contributed by atoms with van der Waals surface area (Å²) in [7, 11) is 0. The molecule has 0 aliphatic heterocycles. The van der Waals surface area contributed by atoms with Crippen LogP contribution < -0.4 is 0 Å². The van der Waals surface area contributed by atoms with E-state index in [1.165, 1.54) is 6.07 Å². The molecule has 1 aromatic heterocycles. The lowest BCUT2D eigenvalue weighted by molar-refractivity contribution is -0.137. The molecule has 0 saturated heterocycles. The van der Waals surface area contributed by atoms with Crippen molar-refractivity contribution < 1.29 is 13.2 Å². The van der Waals surface area contributed by atoms with Gasteiger partial charge < -0.3 is 0 Å². The van der Waals surface area contributed by atoms with Crippen LogP contribution in [0.15, 0.2) is 48.8 Å². The molecule has 1 aromatic carbocycles. The highest BCUT2D eigenvalue weighted by molar-refractivity contribution is 5.38. The van der Waals surface area contributed by atoms with Crippen LogP contribution >= 0.6 is 0 Å². The van der Waals surface area contributed by atoms with Gasteiger partial charge in [0.15, 0.2) is 0 Å². The second kappa shape index (κ2) is 4.57. The number of hydrogen-bond donors (Lipinski definition) is 0. The van der Waals surface area contributed by atoms with Gasteiger partial charge in [0.25, 0.3) is 0 Å². The fourth-order valence-corrected chi connectivity index (χ4v) is 1.38. The van der Waals surface area contributed by atoms with E-state index < -0.39 is 11.7 Å². The quantitative estimate of drug-likeness (QED) is 0.775. The Hall–Kier alpha value is -1.84. The average Bonchev–Trinajstić information content (AvgIpc) is 2.29. The highest BCUT2D eigenvalue weighted by Gasteiger charge is 2.30. The molecule has 0 atom stereocenters. The summed E-state index contributed by atoms with van der Waals surface area (Å²) < 4.78 is 37.4. The predicted octanol–water partition coefficient (Wildman–Crippen LogP) is 3.58. The molecule has 86 valence electrons. The van der Waals surface area contributed by atoms with Gasteiger partial charge in [0.05, 0.1) is 12.0 Å². The number of alkyl halides is 3. The van der Waals surface area contributed by atoms with Crippen molar-refractivity contribution in [3.8, 4) is 0 Å². The molecule has 0 aliphatic rings. The number of rotatable bonds is 2. The summed E-state index contributed by atoms with van der Waals surface area (Å²) in [6, 6.07) is 8.47. The molecule has 2 rings (SSSR count). The first-order valence-corrected chi connectivity index (χ1v) is 4.90. The minimum absolute atomic E-state index is 0.382. The Morgan fingerprint density at radius 1 is 1.00 bits per heavy atom. The zero-order valence-electron chi connectivity index (χ0n) is 8.70. The topological polar surface area (TPSA) is 12.9 Å². The molecule has 0 fully saturated rings. The van der Waals surface area contributed by atoms with E-state index in [2.05, 4.69) is 11.4 Å². The van der Waals surface area contributed by atoms with Crippen LogP contribution in [0.4, 0.5) is 13.2 Å². The van der Waals surface area contributed by atoms with Crippen molar-refractivity contribution in [1.82, 2.24) is 4.98 Å². The van der Waals surface area contributed by atoms with Gasteiger partial charge in [0, 0.05) is 12.4 Å². The molecule has 0 aliphatic carbocycles. The number of nitrogens with zero attached hydrogens (tertiary/aromatic N) is 1. The first-order valence-electron chi connectivity index (χ1n) is 4.90. The van der Waals surface area contributed by atoms with E-state index in [1.54, 1.807) is 30.6 Å². The number of aromatic nitrogens is 1. The summed E-state index contributed by atoms with van der Waals surface area (Å²) in [5.74, 6) is 0. The summed E-state index contributed by atoms with van der Waals surface area (Å²) in [4.78, 5) is 3.87. The third kappa shape index (κ3) is 3.06. The van der Waals surface area contributed by atoms with E-state index in [-0.39, 0.29) is 0 Å². The van der Waals surface area contributed by atoms with Crippen molar-refractivity contribution in [2.24, 2.45) is 0 Å². The Morgan fingerprint density at radius 2 is 1.76 bits per heavy atom. The molecule has 1 heterocycles. The lowest BCUT2D eigenvalue weighted by Crippen LogP contribution is -2.05. The van der Waals surface area contributed by atoms with Crippen LogP contribution in [0, 0.1) is 6.42 Å². The van der Waals surface area contributed by atoms with Gasteiger partial charge in [-0.05, 0) is 23.3 Å². The van der Waals surface area contributed by atoms with E-state index in [0.29, 0.717) is 11.1 Å². The Bertz CT molecular complexity index is 492. The number of hydrogen-bond acceptors (Lipinski definition) is 1. The van der Waals surface area contributed by atoms with E-state index in [1.807, 2.05) is 0 Å². The molecule has 17 heavy (non-hydrogen) atoms. The monoisotopic (exact) mass is 235 g/mol. The van der Waals surface area contributed by atoms with E-state index in [4.69, 9.17) is 0 Å². The molecule has 0 saturated carbocycles. The standard InChI is InChI=1S/C13H8F3N/c14-13(15,16)12-5-1-3-10(8-12)7-11-4-2-6-17-9-11/h1-6,8-9H. The lowest BCUT2D eigenvalue weighted by Gasteiger charge is -2.08. The maximum atomic E-state index is 12.5. The van der Waals surface area contributed by atoms with Crippen molar-refractivity contribution in [3.05, 3.63) is 71.9 Å². The highest BCUT2D eigenvalue weighted by Crippen LogP contribution is 2.30. The molecule has 2 radical (unpaired) electrons. The first-order chi connectivity index (χ1) is 8.05. The zero-order chi connectivity index (χ0) is 12.3. The Kier molecular flexibility index (Phi) is 3.13. The smallest absolute Gasteiger partial charge is 0.264 e. The molecule has 0 unspecified atom stereocenters. The number of halogens is 3. The molecule has 4 heteroatoms. The second-order valence-electron chi connectivity index (χ2n) is 3.45. The molecule has 0 bridgehead atoms. The number of benzene rings is 1. The van der Waals surface area contributed by atoms with Crippen LogP contribution in [0.5, 0.6) is 0 Å². The SMILES string of the molecule is FC(F)(F)c1cccc([C]c2cccnc2)c1. The van der Waals surface area contributed by atoms with Crippen LogP contribution in [0.3, 0.4) is 0 Å². The van der Waals surface area contributed by atoms with Crippen molar-refractivity contribution in [3.63, 3.8) is 0 Å². The van der Waals surface area contributed by atoms with Gasteiger partial charge >= 0.3 is 6.18 Å². The minimum atomic E-state index is -4.33. The molecular weight excluding hydrogens is 227 g/mol. The average molecular weight is 235 g/mol. The lowest BCUT2D eigenvalue weighted by atomic mass is 10.0. The van der Waals surface area contributed by atoms with Gasteiger partial charge in [-0.15, -0.1) is 0 Å². The van der Waals surface area contributed by atoms with Crippen molar-refractivity contribution in [2.75, 3.05) is 0 Å². The van der Waals surface area contributed by atoms with Gasteiger partial charge in [-0.3, -0.25) is 4.98 Å². The van der Waals surface area contributed by atoms with Crippen molar-refractivity contribution in [2.45, 2.75) is 6.18 Å². The summed E-state index contributed by atoms with van der Waals surface area (Å²) >= 11 is 0. The van der Waals surface area contributed by atoms with E-state index in [0.717, 1.165) is 12.1 Å². The first kappa shape index (κ1) is 11.6. The van der Waals surface area contributed by atoms with Crippen LogP contribution in [-0.2, 0) is 6.18 Å². The van der Waals surface area contributed by atoms with E-state index >= 15 is 0 Å². The summed E-state index contributed by atoms with van der Waals surface area (Å²) in [5.41, 5.74) is 0.353. The number of pyridine rings is 1. The predicted molar refractivity (Wildman–Crippen MR) is 57.1 cm³/mol. The maximum absolute atomic E-state index is 12.5. The van der Waals surface area contributed by atoms with Crippen LogP contribution in [0.25, 0.3) is 0 Å². The molecule has 2 aromatic rings. The van der Waals surface area contributed by atoms with Crippen LogP contribution in [-0.4, -0.2) is 4.98 Å². The third-order valence-corrected chi connectivity index (χ3v) is 2.14. The van der Waals surface area contributed by atoms with Crippen molar-refractivity contribution in [1.29, 1.82) is 0 Å². The van der Waals surface area contributed by atoms with Gasteiger partial charge in [-0.25, -0.2) is 0 Å². The Morgan fingerprint density at radius 3 is 2.41 bits per heavy atom. The molecule has 0 amide bonds. The fourth-order valence-electron chi connectivity index (χ4n) is 1.38. The molecule has 0 N–H and O–H groups in total. The van der Waals surface area contributed by atoms with Crippen molar-refractivity contribution >= 4 is 0 Å². The zero-order valence-corrected chi connectivity index (χ0v) is 8.70. The fraction of sp³-hybridized carbons (Fsp3) is 0.0769.